The maximum atomic E-state index is 12.0. The second-order valence-corrected chi connectivity index (χ2v) is 5.27. The Kier molecular flexibility index (Phi) is 5.36. The number of methoxy groups -OCH3 is 1. The minimum Gasteiger partial charge on any atom is -0.497 e. The third-order valence-electron chi connectivity index (χ3n) is 3.34. The van der Waals surface area contributed by atoms with Gasteiger partial charge in [-0.15, -0.1) is 0 Å². The van der Waals surface area contributed by atoms with Crippen LogP contribution in [0, 0.1) is 11.3 Å². The Bertz CT molecular complexity index is 654. The van der Waals surface area contributed by atoms with E-state index in [1.807, 2.05) is 0 Å². The van der Waals surface area contributed by atoms with E-state index in [9.17, 15) is 9.59 Å². The first-order valence-corrected chi connectivity index (χ1v) is 7.30. The highest BCUT2D eigenvalue weighted by Gasteiger charge is 2.27. The number of nitriles is 1. The molecule has 1 saturated carbocycles. The summed E-state index contributed by atoms with van der Waals surface area (Å²) in [5.41, 5.74) is 0.496. The quantitative estimate of drug-likeness (QED) is 0.491. The zero-order valence-corrected chi connectivity index (χ0v) is 13.0. The highest BCUT2D eigenvalue weighted by molar-refractivity contribution is 5.99. The van der Waals surface area contributed by atoms with Crippen LogP contribution < -0.4 is 10.1 Å². The zero-order chi connectivity index (χ0) is 16.8. The Balaban J connectivity index is 2.00. The predicted octanol–water partition coefficient (Wildman–Crippen LogP) is 1.81. The predicted molar refractivity (Wildman–Crippen MR) is 83.3 cm³/mol. The fraction of sp³-hybridized carbons (Fsp3) is 0.353. The molecule has 6 nitrogen and oxygen atoms in total. The van der Waals surface area contributed by atoms with Crippen LogP contribution in [0.15, 0.2) is 29.8 Å². The normalized spacial score (nSPS) is 15.3. The summed E-state index contributed by atoms with van der Waals surface area (Å²) >= 11 is 0. The van der Waals surface area contributed by atoms with E-state index >= 15 is 0 Å². The zero-order valence-electron chi connectivity index (χ0n) is 13.0. The fourth-order valence-electron chi connectivity index (χ4n) is 1.83. The smallest absolute Gasteiger partial charge is 0.349 e. The molecule has 1 N–H and O–H groups in total. The molecule has 23 heavy (non-hydrogen) atoms. The molecule has 0 aromatic heterocycles. The Labute approximate surface area is 134 Å². The molecular formula is C17H18N2O4. The second kappa shape index (κ2) is 7.45. The summed E-state index contributed by atoms with van der Waals surface area (Å²) in [6, 6.07) is 8.86. The molecule has 1 aliphatic carbocycles. The average Bonchev–Trinajstić information content (AvgIpc) is 3.36. The first-order valence-electron chi connectivity index (χ1n) is 7.30. The summed E-state index contributed by atoms with van der Waals surface area (Å²) in [6.07, 6.45) is 2.38. The van der Waals surface area contributed by atoms with Crippen LogP contribution >= 0.6 is 0 Å². The van der Waals surface area contributed by atoms with Crippen molar-refractivity contribution in [1.82, 2.24) is 5.32 Å². The number of ether oxygens (including phenoxy) is 2. The van der Waals surface area contributed by atoms with E-state index in [4.69, 9.17) is 14.7 Å². The van der Waals surface area contributed by atoms with Gasteiger partial charge in [-0.1, -0.05) is 12.1 Å². The molecule has 1 aliphatic rings. The number of esters is 1. The minimum atomic E-state index is -0.935. The van der Waals surface area contributed by atoms with Crippen LogP contribution in [0.1, 0.15) is 25.3 Å². The summed E-state index contributed by atoms with van der Waals surface area (Å²) in [5, 5.41) is 11.9. The molecule has 0 radical (unpaired) electrons. The Morgan fingerprint density at radius 1 is 1.35 bits per heavy atom. The molecule has 2 rings (SSSR count). The van der Waals surface area contributed by atoms with Crippen molar-refractivity contribution in [3.8, 4) is 11.8 Å². The third-order valence-corrected chi connectivity index (χ3v) is 3.34. The molecule has 1 atom stereocenters. The van der Waals surface area contributed by atoms with Gasteiger partial charge in [-0.05, 0) is 43.5 Å². The Morgan fingerprint density at radius 3 is 2.52 bits per heavy atom. The van der Waals surface area contributed by atoms with E-state index in [-0.39, 0.29) is 17.5 Å². The van der Waals surface area contributed by atoms with E-state index in [2.05, 4.69) is 5.32 Å². The van der Waals surface area contributed by atoms with Gasteiger partial charge >= 0.3 is 5.97 Å². The lowest BCUT2D eigenvalue weighted by molar-refractivity contribution is -0.150. The van der Waals surface area contributed by atoms with Gasteiger partial charge in [0.1, 0.15) is 17.4 Å². The van der Waals surface area contributed by atoms with Crippen LogP contribution in [-0.4, -0.2) is 31.1 Å². The lowest BCUT2D eigenvalue weighted by Gasteiger charge is -2.12. The van der Waals surface area contributed by atoms with Gasteiger partial charge in [0, 0.05) is 6.04 Å². The number of hydrogen-bond acceptors (Lipinski definition) is 5. The Hall–Kier alpha value is -2.81. The van der Waals surface area contributed by atoms with Crippen molar-refractivity contribution < 1.29 is 19.1 Å². The SMILES string of the molecule is COc1ccc(/C=C(\C#N)C(=O)O[C@@H](C)C(=O)NC2CC2)cc1. The maximum Gasteiger partial charge on any atom is 0.349 e. The van der Waals surface area contributed by atoms with Crippen molar-refractivity contribution >= 4 is 18.0 Å². The molecule has 1 fully saturated rings. The van der Waals surface area contributed by atoms with Crippen molar-refractivity contribution in [2.24, 2.45) is 0 Å². The van der Waals surface area contributed by atoms with Crippen LogP contribution in [-0.2, 0) is 14.3 Å². The molecule has 1 aromatic rings. The summed E-state index contributed by atoms with van der Waals surface area (Å²) in [4.78, 5) is 23.8. The van der Waals surface area contributed by atoms with E-state index in [1.54, 1.807) is 37.4 Å². The number of hydrogen-bond donors (Lipinski definition) is 1. The molecule has 120 valence electrons. The number of rotatable bonds is 6. The average molecular weight is 314 g/mol. The monoisotopic (exact) mass is 314 g/mol. The fourth-order valence-corrected chi connectivity index (χ4v) is 1.83. The standard InChI is InChI=1S/C17H18N2O4/c1-11(16(20)19-14-5-6-14)23-17(21)13(10-18)9-12-3-7-15(22-2)8-4-12/h3-4,7-9,11,14H,5-6H2,1-2H3,(H,19,20)/b13-9+/t11-/m0/s1. The highest BCUT2D eigenvalue weighted by atomic mass is 16.5. The van der Waals surface area contributed by atoms with Gasteiger partial charge in [0.25, 0.3) is 5.91 Å². The lowest BCUT2D eigenvalue weighted by Crippen LogP contribution is -2.37. The molecule has 1 amide bonds. The number of carbonyl (C=O) groups is 2. The molecule has 0 aliphatic heterocycles. The summed E-state index contributed by atoms with van der Waals surface area (Å²) in [6.45, 7) is 1.48. The van der Waals surface area contributed by atoms with Crippen molar-refractivity contribution in [2.45, 2.75) is 31.9 Å². The van der Waals surface area contributed by atoms with Crippen LogP contribution in [0.25, 0.3) is 6.08 Å². The molecule has 0 saturated heterocycles. The molecular weight excluding hydrogens is 296 g/mol. The number of amides is 1. The minimum absolute atomic E-state index is 0.166. The van der Waals surface area contributed by atoms with Crippen molar-refractivity contribution in [1.29, 1.82) is 5.26 Å². The molecule has 0 spiro atoms. The summed E-state index contributed by atoms with van der Waals surface area (Å²) in [7, 11) is 1.55. The highest BCUT2D eigenvalue weighted by Crippen LogP contribution is 2.19. The first kappa shape index (κ1) is 16.6. The second-order valence-electron chi connectivity index (χ2n) is 5.27. The lowest BCUT2D eigenvalue weighted by atomic mass is 10.1. The van der Waals surface area contributed by atoms with E-state index < -0.39 is 12.1 Å². The van der Waals surface area contributed by atoms with E-state index in [1.165, 1.54) is 13.0 Å². The van der Waals surface area contributed by atoms with Crippen LogP contribution in [0.2, 0.25) is 0 Å². The van der Waals surface area contributed by atoms with E-state index in [0.29, 0.717) is 11.3 Å². The number of benzene rings is 1. The van der Waals surface area contributed by atoms with Crippen molar-refractivity contribution in [3.63, 3.8) is 0 Å². The number of nitrogens with one attached hydrogen (secondary N) is 1. The van der Waals surface area contributed by atoms with Crippen molar-refractivity contribution in [2.75, 3.05) is 7.11 Å². The van der Waals surface area contributed by atoms with Crippen LogP contribution in [0.3, 0.4) is 0 Å². The molecule has 0 unspecified atom stereocenters. The molecule has 0 bridgehead atoms. The first-order chi connectivity index (χ1) is 11.0. The molecule has 6 heteroatoms. The molecule has 0 heterocycles. The largest absolute Gasteiger partial charge is 0.497 e. The summed E-state index contributed by atoms with van der Waals surface area (Å²) in [5.74, 6) is -0.488. The maximum absolute atomic E-state index is 12.0. The topological polar surface area (TPSA) is 88.4 Å². The third kappa shape index (κ3) is 4.85. The van der Waals surface area contributed by atoms with Gasteiger partial charge in [-0.25, -0.2) is 4.79 Å². The van der Waals surface area contributed by atoms with E-state index in [0.717, 1.165) is 12.8 Å². The van der Waals surface area contributed by atoms with Gasteiger partial charge in [-0.3, -0.25) is 4.79 Å². The van der Waals surface area contributed by atoms with Gasteiger partial charge in [0.2, 0.25) is 0 Å². The van der Waals surface area contributed by atoms with Crippen molar-refractivity contribution in [3.05, 3.63) is 35.4 Å². The Morgan fingerprint density at radius 2 is 2.00 bits per heavy atom. The van der Waals surface area contributed by atoms with Gasteiger partial charge < -0.3 is 14.8 Å². The molecule has 1 aromatic carbocycles. The summed E-state index contributed by atoms with van der Waals surface area (Å²) < 4.78 is 10.1. The van der Waals surface area contributed by atoms with Gasteiger partial charge in [-0.2, -0.15) is 5.26 Å². The van der Waals surface area contributed by atoms with Gasteiger partial charge in [0.15, 0.2) is 6.10 Å². The van der Waals surface area contributed by atoms with Crippen LogP contribution in [0.4, 0.5) is 0 Å². The number of carbonyl (C=O) groups excluding carboxylic acids is 2. The van der Waals surface area contributed by atoms with Gasteiger partial charge in [0.05, 0.1) is 7.11 Å². The number of nitrogens with zero attached hydrogens (tertiary/aromatic N) is 1. The van der Waals surface area contributed by atoms with Crippen LogP contribution in [0.5, 0.6) is 5.75 Å².